The molecule has 0 bridgehead atoms. The van der Waals surface area contributed by atoms with Gasteiger partial charge in [0, 0.05) is 55.5 Å². The number of pyridine rings is 1. The molecule has 3 rings (SSSR count). The molecule has 0 saturated heterocycles. The number of ether oxygens (including phenoxy) is 2. The Morgan fingerprint density at radius 2 is 1.97 bits per heavy atom. The van der Waals surface area contributed by atoms with Crippen LogP contribution in [0.1, 0.15) is 41.2 Å². The molecule has 0 fully saturated rings. The summed E-state index contributed by atoms with van der Waals surface area (Å²) >= 11 is 1.61. The van der Waals surface area contributed by atoms with E-state index in [1.165, 1.54) is 22.6 Å². The van der Waals surface area contributed by atoms with E-state index in [9.17, 15) is 19.2 Å². The molecule has 0 unspecified atom stereocenters. The molecule has 2 aromatic heterocycles. The number of amides is 1. The van der Waals surface area contributed by atoms with E-state index >= 15 is 0 Å². The first kappa shape index (κ1) is 23.7. The van der Waals surface area contributed by atoms with Gasteiger partial charge in [0.25, 0.3) is 11.5 Å². The highest BCUT2D eigenvalue weighted by Gasteiger charge is 2.29. The van der Waals surface area contributed by atoms with Crippen molar-refractivity contribution in [2.75, 3.05) is 26.8 Å². The van der Waals surface area contributed by atoms with Gasteiger partial charge in [0.2, 0.25) is 5.78 Å². The Morgan fingerprint density at radius 3 is 2.62 bits per heavy atom. The Labute approximate surface area is 190 Å². The van der Waals surface area contributed by atoms with E-state index in [-0.39, 0.29) is 55.3 Å². The molecule has 8 nitrogen and oxygen atoms in total. The lowest BCUT2D eigenvalue weighted by Crippen LogP contribution is -2.39. The van der Waals surface area contributed by atoms with Crippen molar-refractivity contribution in [3.8, 4) is 5.75 Å². The highest BCUT2D eigenvalue weighted by molar-refractivity contribution is 7.09. The third-order valence-corrected chi connectivity index (χ3v) is 6.22. The zero-order valence-corrected chi connectivity index (χ0v) is 19.4. The van der Waals surface area contributed by atoms with Crippen LogP contribution >= 0.6 is 11.3 Å². The largest absolute Gasteiger partial charge is 0.492 e. The second-order valence-electron chi connectivity index (χ2n) is 8.05. The number of nitrogens with zero attached hydrogens (tertiary/aromatic N) is 2. The maximum atomic E-state index is 12.8. The molecule has 1 amide bonds. The van der Waals surface area contributed by atoms with Crippen LogP contribution < -0.4 is 10.3 Å². The number of carbonyl (C=O) groups excluding carboxylic acids is 3. The number of hydrogen-bond donors (Lipinski definition) is 0. The van der Waals surface area contributed by atoms with E-state index < -0.39 is 17.7 Å². The van der Waals surface area contributed by atoms with Gasteiger partial charge in [-0.15, -0.1) is 11.3 Å². The lowest BCUT2D eigenvalue weighted by molar-refractivity contribution is -0.145. The molecule has 1 aliphatic heterocycles. The van der Waals surface area contributed by atoms with Crippen LogP contribution in [0, 0.1) is 5.92 Å². The summed E-state index contributed by atoms with van der Waals surface area (Å²) in [6.45, 7) is 4.70. The maximum absolute atomic E-state index is 12.8. The van der Waals surface area contributed by atoms with Gasteiger partial charge < -0.3 is 18.9 Å². The molecule has 0 saturated carbocycles. The molecule has 0 aliphatic carbocycles. The number of fused-ring (bicyclic) bond motifs is 1. The van der Waals surface area contributed by atoms with Gasteiger partial charge in [-0.25, -0.2) is 4.79 Å². The van der Waals surface area contributed by atoms with E-state index in [0.29, 0.717) is 18.7 Å². The minimum absolute atomic E-state index is 0.0815. The molecular formula is C23H28N2O6S. The van der Waals surface area contributed by atoms with Crippen molar-refractivity contribution < 1.29 is 23.9 Å². The van der Waals surface area contributed by atoms with Crippen molar-refractivity contribution in [2.24, 2.45) is 5.92 Å². The second-order valence-corrected chi connectivity index (χ2v) is 9.09. The Kier molecular flexibility index (Phi) is 7.84. The number of rotatable bonds is 8. The number of aromatic nitrogens is 1. The van der Waals surface area contributed by atoms with Gasteiger partial charge in [-0.1, -0.05) is 19.9 Å². The summed E-state index contributed by atoms with van der Waals surface area (Å²) < 4.78 is 12.3. The van der Waals surface area contributed by atoms with Crippen LogP contribution in [0.4, 0.5) is 0 Å². The summed E-state index contributed by atoms with van der Waals surface area (Å²) in [6.07, 6.45) is 1.07. The van der Waals surface area contributed by atoms with Gasteiger partial charge in [0.05, 0.1) is 13.7 Å². The van der Waals surface area contributed by atoms with Crippen LogP contribution in [0.3, 0.4) is 0 Å². The molecule has 0 aromatic carbocycles. The zero-order chi connectivity index (χ0) is 23.3. The van der Waals surface area contributed by atoms with Crippen LogP contribution in [0.5, 0.6) is 5.75 Å². The van der Waals surface area contributed by atoms with Gasteiger partial charge in [-0.05, 0) is 17.4 Å². The van der Waals surface area contributed by atoms with E-state index in [1.807, 2.05) is 31.4 Å². The standard InChI is InChI=1S/C23H28N2O6S/c1-15(2)13-18(26)22(28)24-8-6-17-21(23(29)30-3)19(14-20(27)25(17)10-9-24)31-11-7-16-5-4-12-32-16/h4-5,12,14-15H,6-11,13H2,1-3H3. The highest BCUT2D eigenvalue weighted by Crippen LogP contribution is 2.24. The van der Waals surface area contributed by atoms with E-state index in [0.717, 1.165) is 4.88 Å². The monoisotopic (exact) mass is 460 g/mol. The van der Waals surface area contributed by atoms with Gasteiger partial charge in [-0.3, -0.25) is 14.4 Å². The Balaban J connectivity index is 1.85. The van der Waals surface area contributed by atoms with Crippen LogP contribution in [0.2, 0.25) is 0 Å². The first-order valence-corrected chi connectivity index (χ1v) is 11.5. The lowest BCUT2D eigenvalue weighted by atomic mass is 10.1. The zero-order valence-electron chi connectivity index (χ0n) is 18.6. The summed E-state index contributed by atoms with van der Waals surface area (Å²) in [6, 6.07) is 5.24. The minimum atomic E-state index is -0.601. The average Bonchev–Trinajstić information content (AvgIpc) is 3.17. The number of carbonyl (C=O) groups is 3. The van der Waals surface area contributed by atoms with E-state index in [1.54, 1.807) is 11.3 Å². The summed E-state index contributed by atoms with van der Waals surface area (Å²) in [5.41, 5.74) is 0.338. The summed E-state index contributed by atoms with van der Waals surface area (Å²) in [5, 5.41) is 1.98. The van der Waals surface area contributed by atoms with Crippen molar-refractivity contribution in [2.45, 2.75) is 39.7 Å². The van der Waals surface area contributed by atoms with Crippen molar-refractivity contribution in [1.82, 2.24) is 9.47 Å². The lowest BCUT2D eigenvalue weighted by Gasteiger charge is -2.19. The summed E-state index contributed by atoms with van der Waals surface area (Å²) in [5.74, 6) is -1.33. The van der Waals surface area contributed by atoms with Crippen molar-refractivity contribution in [3.05, 3.63) is 50.1 Å². The molecule has 2 aromatic rings. The van der Waals surface area contributed by atoms with Crippen LogP contribution in [-0.4, -0.2) is 53.9 Å². The molecule has 0 N–H and O–H groups in total. The van der Waals surface area contributed by atoms with E-state index in [2.05, 4.69) is 0 Å². The summed E-state index contributed by atoms with van der Waals surface area (Å²) in [4.78, 5) is 52.9. The Bertz CT molecular complexity index is 1040. The molecule has 3 heterocycles. The number of ketones is 1. The van der Waals surface area contributed by atoms with Gasteiger partial charge >= 0.3 is 5.97 Å². The predicted molar refractivity (Wildman–Crippen MR) is 120 cm³/mol. The topological polar surface area (TPSA) is 94.9 Å². The highest BCUT2D eigenvalue weighted by atomic mass is 32.1. The fraction of sp³-hybridized carbons (Fsp3) is 0.478. The molecule has 9 heteroatoms. The maximum Gasteiger partial charge on any atom is 0.343 e. The average molecular weight is 461 g/mol. The fourth-order valence-electron chi connectivity index (χ4n) is 3.74. The van der Waals surface area contributed by atoms with Crippen molar-refractivity contribution in [1.29, 1.82) is 0 Å². The van der Waals surface area contributed by atoms with Gasteiger partial charge in [0.15, 0.2) is 0 Å². The predicted octanol–water partition coefficient (Wildman–Crippen LogP) is 2.32. The number of hydrogen-bond acceptors (Lipinski definition) is 7. The van der Waals surface area contributed by atoms with Crippen LogP contribution in [0.15, 0.2) is 28.4 Å². The van der Waals surface area contributed by atoms with Gasteiger partial charge in [-0.2, -0.15) is 0 Å². The molecule has 0 radical (unpaired) electrons. The summed E-state index contributed by atoms with van der Waals surface area (Å²) in [7, 11) is 1.27. The molecule has 32 heavy (non-hydrogen) atoms. The second kappa shape index (κ2) is 10.6. The van der Waals surface area contributed by atoms with E-state index in [4.69, 9.17) is 9.47 Å². The fourth-order valence-corrected chi connectivity index (χ4v) is 4.43. The van der Waals surface area contributed by atoms with Crippen LogP contribution in [0.25, 0.3) is 0 Å². The number of Topliss-reactive ketones (excluding diaryl/α,β-unsaturated/α-hetero) is 1. The number of esters is 1. The molecular weight excluding hydrogens is 432 g/mol. The van der Waals surface area contributed by atoms with Crippen LogP contribution in [-0.2, 0) is 33.7 Å². The molecule has 172 valence electrons. The smallest absolute Gasteiger partial charge is 0.343 e. The Morgan fingerprint density at radius 1 is 1.19 bits per heavy atom. The third-order valence-electron chi connectivity index (χ3n) is 5.29. The minimum Gasteiger partial charge on any atom is -0.492 e. The number of methoxy groups -OCH3 is 1. The van der Waals surface area contributed by atoms with Crippen molar-refractivity contribution in [3.63, 3.8) is 0 Å². The molecule has 1 aliphatic rings. The molecule has 0 atom stereocenters. The SMILES string of the molecule is COC(=O)c1c(OCCc2cccs2)cc(=O)n2c1CCN(C(=O)C(=O)CC(C)C)CC2. The molecule has 0 spiro atoms. The Hall–Kier alpha value is -2.94. The van der Waals surface area contributed by atoms with Gasteiger partial charge in [0.1, 0.15) is 11.3 Å². The quantitative estimate of drug-likeness (QED) is 0.443. The normalized spacial score (nSPS) is 13.4. The first-order chi connectivity index (χ1) is 15.3. The third kappa shape index (κ3) is 5.45. The van der Waals surface area contributed by atoms with Crippen molar-refractivity contribution >= 4 is 29.0 Å². The first-order valence-electron chi connectivity index (χ1n) is 10.6. The number of thiophene rings is 1.